The lowest BCUT2D eigenvalue weighted by Crippen LogP contribution is -2.50. The third kappa shape index (κ3) is 4.03. The number of rotatable bonds is 4. The van der Waals surface area contributed by atoms with Crippen molar-refractivity contribution in [1.82, 2.24) is 24.4 Å². The van der Waals surface area contributed by atoms with Crippen LogP contribution in [0.15, 0.2) is 18.3 Å². The molecule has 2 amide bonds. The summed E-state index contributed by atoms with van der Waals surface area (Å²) in [5, 5.41) is 13.5. The first-order chi connectivity index (χ1) is 14.9. The molecule has 3 aromatic heterocycles. The Balaban J connectivity index is 1.37. The van der Waals surface area contributed by atoms with Gasteiger partial charge in [0.1, 0.15) is 11.6 Å². The van der Waals surface area contributed by atoms with Gasteiger partial charge in [0.25, 0.3) is 5.91 Å². The SMILES string of the molecule is Cc1ccc(C(=O)N2CCN(C(=O)CCc3c(C)nc4c(C#N)cnn4c3C)CC2)s1. The van der Waals surface area contributed by atoms with Crippen LogP contribution in [0.2, 0.25) is 0 Å². The van der Waals surface area contributed by atoms with E-state index >= 15 is 0 Å². The summed E-state index contributed by atoms with van der Waals surface area (Å²) in [6, 6.07) is 5.93. The lowest BCUT2D eigenvalue weighted by molar-refractivity contribution is -0.132. The summed E-state index contributed by atoms with van der Waals surface area (Å²) in [5.41, 5.74) is 3.69. The summed E-state index contributed by atoms with van der Waals surface area (Å²) in [4.78, 5) is 35.5. The summed E-state index contributed by atoms with van der Waals surface area (Å²) in [5.74, 6) is 0.128. The Labute approximate surface area is 184 Å². The van der Waals surface area contributed by atoms with Crippen molar-refractivity contribution in [2.24, 2.45) is 0 Å². The Kier molecular flexibility index (Phi) is 5.74. The van der Waals surface area contributed by atoms with E-state index in [1.165, 1.54) is 17.5 Å². The van der Waals surface area contributed by atoms with Crippen LogP contribution in [0.4, 0.5) is 0 Å². The summed E-state index contributed by atoms with van der Waals surface area (Å²) in [6.07, 6.45) is 2.45. The van der Waals surface area contributed by atoms with Gasteiger partial charge in [-0.2, -0.15) is 10.4 Å². The van der Waals surface area contributed by atoms with Gasteiger partial charge in [0.2, 0.25) is 5.91 Å². The van der Waals surface area contributed by atoms with Gasteiger partial charge in [-0.25, -0.2) is 9.50 Å². The maximum atomic E-state index is 12.8. The monoisotopic (exact) mass is 436 g/mol. The van der Waals surface area contributed by atoms with Gasteiger partial charge in [-0.05, 0) is 44.9 Å². The molecule has 0 aliphatic carbocycles. The van der Waals surface area contributed by atoms with Gasteiger partial charge in [0, 0.05) is 48.9 Å². The number of hydrogen-bond acceptors (Lipinski definition) is 6. The summed E-state index contributed by atoms with van der Waals surface area (Å²) in [6.45, 7) is 8.03. The molecule has 0 atom stereocenters. The number of amides is 2. The molecular formula is C22H24N6O2S. The largest absolute Gasteiger partial charge is 0.339 e. The molecule has 0 N–H and O–H groups in total. The van der Waals surface area contributed by atoms with E-state index in [2.05, 4.69) is 16.2 Å². The van der Waals surface area contributed by atoms with Gasteiger partial charge in [-0.15, -0.1) is 11.3 Å². The van der Waals surface area contributed by atoms with E-state index in [9.17, 15) is 14.9 Å². The lowest BCUT2D eigenvalue weighted by atomic mass is 10.1. The molecule has 9 heteroatoms. The van der Waals surface area contributed by atoms with Gasteiger partial charge in [0.05, 0.1) is 11.1 Å². The van der Waals surface area contributed by atoms with Crippen LogP contribution in [0, 0.1) is 32.1 Å². The summed E-state index contributed by atoms with van der Waals surface area (Å²) < 4.78 is 1.67. The molecule has 0 radical (unpaired) electrons. The molecule has 1 saturated heterocycles. The zero-order valence-corrected chi connectivity index (χ0v) is 18.7. The van der Waals surface area contributed by atoms with Crippen LogP contribution >= 0.6 is 11.3 Å². The number of aromatic nitrogens is 3. The number of hydrogen-bond donors (Lipinski definition) is 0. The van der Waals surface area contributed by atoms with E-state index in [0.717, 1.165) is 26.7 Å². The third-order valence-electron chi connectivity index (χ3n) is 5.79. The number of fused-ring (bicyclic) bond motifs is 1. The fourth-order valence-corrected chi connectivity index (χ4v) is 4.84. The molecule has 0 aromatic carbocycles. The Hall–Kier alpha value is -3.25. The molecule has 3 aromatic rings. The van der Waals surface area contributed by atoms with Gasteiger partial charge in [0.15, 0.2) is 5.65 Å². The highest BCUT2D eigenvalue weighted by Crippen LogP contribution is 2.20. The van der Waals surface area contributed by atoms with Crippen molar-refractivity contribution >= 4 is 28.8 Å². The topological polar surface area (TPSA) is 94.6 Å². The first-order valence-corrected chi connectivity index (χ1v) is 11.1. The number of aryl methyl sites for hydroxylation is 3. The Bertz CT molecular complexity index is 1200. The summed E-state index contributed by atoms with van der Waals surface area (Å²) in [7, 11) is 0. The van der Waals surface area contributed by atoms with Crippen molar-refractivity contribution in [1.29, 1.82) is 5.26 Å². The predicted molar refractivity (Wildman–Crippen MR) is 117 cm³/mol. The number of nitriles is 1. The van der Waals surface area contributed by atoms with E-state index in [4.69, 9.17) is 0 Å². The van der Waals surface area contributed by atoms with E-state index < -0.39 is 0 Å². The minimum absolute atomic E-state index is 0.0480. The van der Waals surface area contributed by atoms with Crippen molar-refractivity contribution < 1.29 is 9.59 Å². The minimum Gasteiger partial charge on any atom is -0.339 e. The average Bonchev–Trinajstić information content (AvgIpc) is 3.39. The molecule has 1 aliphatic rings. The highest BCUT2D eigenvalue weighted by molar-refractivity contribution is 7.13. The first-order valence-electron chi connectivity index (χ1n) is 10.3. The van der Waals surface area contributed by atoms with E-state index in [1.807, 2.05) is 42.7 Å². The van der Waals surface area contributed by atoms with Gasteiger partial charge < -0.3 is 9.80 Å². The number of nitrogens with zero attached hydrogens (tertiary/aromatic N) is 6. The number of carbonyl (C=O) groups is 2. The second-order valence-corrected chi connectivity index (χ2v) is 9.04. The molecule has 0 unspecified atom stereocenters. The van der Waals surface area contributed by atoms with Crippen LogP contribution in [-0.4, -0.2) is 62.4 Å². The lowest BCUT2D eigenvalue weighted by Gasteiger charge is -2.34. The molecular weight excluding hydrogens is 412 g/mol. The third-order valence-corrected chi connectivity index (χ3v) is 6.78. The highest BCUT2D eigenvalue weighted by atomic mass is 32.1. The number of piperazine rings is 1. The van der Waals surface area contributed by atoms with Gasteiger partial charge in [-0.3, -0.25) is 9.59 Å². The van der Waals surface area contributed by atoms with Crippen LogP contribution in [-0.2, 0) is 11.2 Å². The molecule has 0 spiro atoms. The molecule has 160 valence electrons. The number of thiophene rings is 1. The quantitative estimate of drug-likeness (QED) is 0.626. The second kappa shape index (κ2) is 8.47. The maximum Gasteiger partial charge on any atom is 0.264 e. The standard InChI is InChI=1S/C22H24N6O2S/c1-14-4-6-19(31-14)22(30)27-10-8-26(9-11-27)20(29)7-5-18-15(2)25-21-17(12-23)13-24-28(21)16(18)3/h4,6,13H,5,7-11H2,1-3H3. The molecule has 4 rings (SSSR count). The Morgan fingerprint density at radius 1 is 1.13 bits per heavy atom. The maximum absolute atomic E-state index is 12.8. The fraction of sp³-hybridized carbons (Fsp3) is 0.409. The first kappa shape index (κ1) is 21.0. The smallest absolute Gasteiger partial charge is 0.264 e. The molecule has 1 aliphatic heterocycles. The van der Waals surface area contributed by atoms with Crippen LogP contribution in [0.3, 0.4) is 0 Å². The molecule has 31 heavy (non-hydrogen) atoms. The normalized spacial score (nSPS) is 14.1. The van der Waals surface area contributed by atoms with Crippen LogP contribution < -0.4 is 0 Å². The Morgan fingerprint density at radius 3 is 2.48 bits per heavy atom. The molecule has 1 fully saturated rings. The van der Waals surface area contributed by atoms with E-state index in [0.29, 0.717) is 50.2 Å². The fourth-order valence-electron chi connectivity index (χ4n) is 4.01. The van der Waals surface area contributed by atoms with E-state index in [1.54, 1.807) is 4.52 Å². The zero-order valence-electron chi connectivity index (χ0n) is 17.9. The summed E-state index contributed by atoms with van der Waals surface area (Å²) >= 11 is 1.51. The van der Waals surface area contributed by atoms with Gasteiger partial charge >= 0.3 is 0 Å². The van der Waals surface area contributed by atoms with Crippen molar-refractivity contribution in [3.05, 3.63) is 50.6 Å². The van der Waals surface area contributed by atoms with Crippen molar-refractivity contribution in [3.8, 4) is 6.07 Å². The predicted octanol–water partition coefficient (Wildman–Crippen LogP) is 2.50. The van der Waals surface area contributed by atoms with Crippen LogP contribution in [0.1, 0.15) is 43.5 Å². The number of carbonyl (C=O) groups excluding carboxylic acids is 2. The average molecular weight is 437 g/mol. The minimum atomic E-state index is 0.0480. The van der Waals surface area contributed by atoms with Gasteiger partial charge in [-0.1, -0.05) is 0 Å². The van der Waals surface area contributed by atoms with E-state index in [-0.39, 0.29) is 11.8 Å². The van der Waals surface area contributed by atoms with Crippen LogP contribution in [0.5, 0.6) is 0 Å². The molecule has 0 saturated carbocycles. The van der Waals surface area contributed by atoms with Crippen molar-refractivity contribution in [3.63, 3.8) is 0 Å². The highest BCUT2D eigenvalue weighted by Gasteiger charge is 2.25. The zero-order chi connectivity index (χ0) is 22.1. The Morgan fingerprint density at radius 2 is 1.84 bits per heavy atom. The molecule has 4 heterocycles. The molecule has 0 bridgehead atoms. The van der Waals surface area contributed by atoms with Crippen molar-refractivity contribution in [2.75, 3.05) is 26.2 Å². The second-order valence-electron chi connectivity index (χ2n) is 7.75. The van der Waals surface area contributed by atoms with Crippen molar-refractivity contribution in [2.45, 2.75) is 33.6 Å². The van der Waals surface area contributed by atoms with Crippen LogP contribution in [0.25, 0.3) is 5.65 Å². The molecule has 8 nitrogen and oxygen atoms in total.